The smallest absolute Gasteiger partial charge is 0.224 e. The largest absolute Gasteiger partial charge is 0.341 e. The summed E-state index contributed by atoms with van der Waals surface area (Å²) < 4.78 is 0. The molecule has 1 unspecified atom stereocenters. The fourth-order valence-electron chi connectivity index (χ4n) is 1.69. The topological polar surface area (TPSA) is 70.1 Å². The van der Waals surface area contributed by atoms with E-state index in [2.05, 4.69) is 6.07 Å². The van der Waals surface area contributed by atoms with Crippen molar-refractivity contribution in [2.75, 3.05) is 7.05 Å². The van der Waals surface area contributed by atoms with E-state index in [4.69, 9.17) is 11.0 Å². The second-order valence-electron chi connectivity index (χ2n) is 5.17. The second kappa shape index (κ2) is 6.91. The summed E-state index contributed by atoms with van der Waals surface area (Å²) >= 11 is 0. The first kappa shape index (κ1) is 15.2. The Labute approximate surface area is 114 Å². The maximum Gasteiger partial charge on any atom is 0.224 e. The molecule has 0 saturated carbocycles. The number of benzene rings is 1. The molecule has 102 valence electrons. The van der Waals surface area contributed by atoms with Crippen LogP contribution in [0.25, 0.3) is 0 Å². The van der Waals surface area contributed by atoms with Gasteiger partial charge in [-0.05, 0) is 23.6 Å². The lowest BCUT2D eigenvalue weighted by molar-refractivity contribution is -0.131. The molecular weight excluding hydrogens is 238 g/mol. The average Bonchev–Trinajstić information content (AvgIpc) is 2.38. The Bertz CT molecular complexity index is 477. The van der Waals surface area contributed by atoms with Crippen LogP contribution in [0.3, 0.4) is 0 Å². The number of nitrogens with two attached hydrogens (primary N) is 1. The standard InChI is InChI=1S/C15H21N3O/c1-11(2)14(17)8-15(19)18(3)10-13-6-4-5-12(7-13)9-16/h4-7,11,14H,8,10,17H2,1-3H3. The summed E-state index contributed by atoms with van der Waals surface area (Å²) in [7, 11) is 1.76. The number of amides is 1. The van der Waals surface area contributed by atoms with Gasteiger partial charge in [-0.25, -0.2) is 0 Å². The zero-order chi connectivity index (χ0) is 14.4. The van der Waals surface area contributed by atoms with Gasteiger partial charge in [0.1, 0.15) is 0 Å². The molecule has 1 atom stereocenters. The third-order valence-electron chi connectivity index (χ3n) is 3.17. The van der Waals surface area contributed by atoms with Crippen LogP contribution in [0.1, 0.15) is 31.4 Å². The monoisotopic (exact) mass is 259 g/mol. The van der Waals surface area contributed by atoms with E-state index in [0.717, 1.165) is 5.56 Å². The van der Waals surface area contributed by atoms with Crippen LogP contribution in [0, 0.1) is 17.2 Å². The first-order valence-corrected chi connectivity index (χ1v) is 6.42. The summed E-state index contributed by atoms with van der Waals surface area (Å²) in [5.74, 6) is 0.322. The summed E-state index contributed by atoms with van der Waals surface area (Å²) in [6.07, 6.45) is 0.353. The third kappa shape index (κ3) is 4.72. The van der Waals surface area contributed by atoms with Crippen LogP contribution in [0.2, 0.25) is 0 Å². The molecule has 0 bridgehead atoms. The van der Waals surface area contributed by atoms with Gasteiger partial charge in [0, 0.05) is 26.1 Å². The van der Waals surface area contributed by atoms with E-state index in [1.165, 1.54) is 0 Å². The molecule has 0 radical (unpaired) electrons. The molecule has 4 heteroatoms. The molecule has 0 aliphatic heterocycles. The van der Waals surface area contributed by atoms with Crippen molar-refractivity contribution in [3.63, 3.8) is 0 Å². The lowest BCUT2D eigenvalue weighted by Gasteiger charge is -2.21. The van der Waals surface area contributed by atoms with E-state index in [9.17, 15) is 4.79 Å². The highest BCUT2D eigenvalue weighted by atomic mass is 16.2. The Hall–Kier alpha value is -1.86. The lowest BCUT2D eigenvalue weighted by atomic mass is 10.0. The number of carbonyl (C=O) groups is 1. The molecule has 0 aromatic heterocycles. The SMILES string of the molecule is CC(C)C(N)CC(=O)N(C)Cc1cccc(C#N)c1. The van der Waals surface area contributed by atoms with Crippen LogP contribution in [0.4, 0.5) is 0 Å². The highest BCUT2D eigenvalue weighted by Gasteiger charge is 2.16. The zero-order valence-corrected chi connectivity index (χ0v) is 11.8. The quantitative estimate of drug-likeness (QED) is 0.877. The van der Waals surface area contributed by atoms with E-state index in [1.54, 1.807) is 24.1 Å². The Morgan fingerprint density at radius 1 is 1.47 bits per heavy atom. The van der Waals surface area contributed by atoms with E-state index in [1.807, 2.05) is 26.0 Å². The van der Waals surface area contributed by atoms with Gasteiger partial charge in [-0.1, -0.05) is 26.0 Å². The molecule has 4 nitrogen and oxygen atoms in total. The van der Waals surface area contributed by atoms with Gasteiger partial charge in [0.2, 0.25) is 5.91 Å². The van der Waals surface area contributed by atoms with Gasteiger partial charge in [0.15, 0.2) is 0 Å². The van der Waals surface area contributed by atoms with Crippen molar-refractivity contribution in [1.29, 1.82) is 5.26 Å². The molecule has 0 spiro atoms. The van der Waals surface area contributed by atoms with Crippen molar-refractivity contribution in [3.05, 3.63) is 35.4 Å². The molecule has 0 saturated heterocycles. The maximum atomic E-state index is 12.0. The summed E-state index contributed by atoms with van der Waals surface area (Å²) in [5.41, 5.74) is 7.46. The molecule has 1 aromatic rings. The Kier molecular flexibility index (Phi) is 5.53. The van der Waals surface area contributed by atoms with Crippen LogP contribution in [0.15, 0.2) is 24.3 Å². The normalized spacial score (nSPS) is 12.0. The molecular formula is C15H21N3O. The van der Waals surface area contributed by atoms with Gasteiger partial charge in [0.05, 0.1) is 11.6 Å². The molecule has 19 heavy (non-hydrogen) atoms. The molecule has 0 aliphatic carbocycles. The van der Waals surface area contributed by atoms with Crippen LogP contribution < -0.4 is 5.73 Å². The number of carbonyl (C=O) groups excluding carboxylic acids is 1. The fraction of sp³-hybridized carbons (Fsp3) is 0.467. The third-order valence-corrected chi connectivity index (χ3v) is 3.17. The number of nitriles is 1. The molecule has 1 aromatic carbocycles. The summed E-state index contributed by atoms with van der Waals surface area (Å²) in [5, 5.41) is 8.84. The molecule has 0 fully saturated rings. The van der Waals surface area contributed by atoms with Crippen molar-refractivity contribution in [3.8, 4) is 6.07 Å². The molecule has 2 N–H and O–H groups in total. The Morgan fingerprint density at radius 3 is 2.74 bits per heavy atom. The van der Waals surface area contributed by atoms with Crippen molar-refractivity contribution < 1.29 is 4.79 Å². The van der Waals surface area contributed by atoms with E-state index in [0.29, 0.717) is 24.4 Å². The summed E-state index contributed by atoms with van der Waals surface area (Å²) in [4.78, 5) is 13.6. The molecule has 0 aliphatic rings. The minimum atomic E-state index is -0.111. The van der Waals surface area contributed by atoms with Crippen molar-refractivity contribution >= 4 is 5.91 Å². The van der Waals surface area contributed by atoms with Crippen LogP contribution >= 0.6 is 0 Å². The van der Waals surface area contributed by atoms with Crippen molar-refractivity contribution in [2.45, 2.75) is 32.9 Å². The highest BCUT2D eigenvalue weighted by Crippen LogP contribution is 2.10. The van der Waals surface area contributed by atoms with E-state index >= 15 is 0 Å². The highest BCUT2D eigenvalue weighted by molar-refractivity contribution is 5.76. The number of hydrogen-bond acceptors (Lipinski definition) is 3. The minimum absolute atomic E-state index is 0.0311. The Balaban J connectivity index is 2.61. The minimum Gasteiger partial charge on any atom is -0.341 e. The van der Waals surface area contributed by atoms with E-state index in [-0.39, 0.29) is 11.9 Å². The first-order chi connectivity index (χ1) is 8.93. The first-order valence-electron chi connectivity index (χ1n) is 6.42. The van der Waals surface area contributed by atoms with Gasteiger partial charge in [-0.15, -0.1) is 0 Å². The van der Waals surface area contributed by atoms with Gasteiger partial charge < -0.3 is 10.6 Å². The summed E-state index contributed by atoms with van der Waals surface area (Å²) in [6.45, 7) is 4.52. The molecule has 0 heterocycles. The maximum absolute atomic E-state index is 12.0. The van der Waals surface area contributed by atoms with Crippen LogP contribution in [-0.4, -0.2) is 23.9 Å². The fourth-order valence-corrected chi connectivity index (χ4v) is 1.69. The van der Waals surface area contributed by atoms with Crippen LogP contribution in [0.5, 0.6) is 0 Å². The second-order valence-corrected chi connectivity index (χ2v) is 5.17. The average molecular weight is 259 g/mol. The number of rotatable bonds is 5. The van der Waals surface area contributed by atoms with Gasteiger partial charge in [-0.2, -0.15) is 5.26 Å². The van der Waals surface area contributed by atoms with E-state index < -0.39 is 0 Å². The number of nitrogens with zero attached hydrogens (tertiary/aromatic N) is 2. The van der Waals surface area contributed by atoms with Crippen molar-refractivity contribution in [1.82, 2.24) is 4.90 Å². The lowest BCUT2D eigenvalue weighted by Crippen LogP contribution is -2.35. The van der Waals surface area contributed by atoms with Gasteiger partial charge in [-0.3, -0.25) is 4.79 Å². The van der Waals surface area contributed by atoms with Gasteiger partial charge in [0.25, 0.3) is 0 Å². The van der Waals surface area contributed by atoms with Gasteiger partial charge >= 0.3 is 0 Å². The zero-order valence-electron chi connectivity index (χ0n) is 11.8. The molecule has 1 amide bonds. The Morgan fingerprint density at radius 2 is 2.16 bits per heavy atom. The predicted molar refractivity (Wildman–Crippen MR) is 75.1 cm³/mol. The number of hydrogen-bond donors (Lipinski definition) is 1. The van der Waals surface area contributed by atoms with Crippen LogP contribution in [-0.2, 0) is 11.3 Å². The molecule has 1 rings (SSSR count). The van der Waals surface area contributed by atoms with Crippen molar-refractivity contribution in [2.24, 2.45) is 11.7 Å². The summed E-state index contributed by atoms with van der Waals surface area (Å²) in [6, 6.07) is 9.27. The predicted octanol–water partition coefficient (Wildman–Crippen LogP) is 1.89.